The number of hydrogen-bond acceptors (Lipinski definition) is 1. The van der Waals surface area contributed by atoms with Gasteiger partial charge in [-0.3, -0.25) is 0 Å². The summed E-state index contributed by atoms with van der Waals surface area (Å²) >= 11 is 9.40. The van der Waals surface area contributed by atoms with Gasteiger partial charge in [-0.25, -0.2) is 0 Å². The van der Waals surface area contributed by atoms with Crippen LogP contribution < -0.4 is 0 Å². The molecule has 0 aliphatic rings. The number of halogens is 5. The molecule has 0 aromatic heterocycles. The normalized spacial score (nSPS) is 13.4. The lowest BCUT2D eigenvalue weighted by Gasteiger charge is -2.15. The van der Waals surface area contributed by atoms with E-state index in [9.17, 15) is 13.2 Å². The molecule has 114 valence electrons. The molecule has 0 radical (unpaired) electrons. The fourth-order valence-electron chi connectivity index (χ4n) is 1.87. The summed E-state index contributed by atoms with van der Waals surface area (Å²) in [4.78, 5) is 0. The smallest absolute Gasteiger partial charge is 0.372 e. The highest BCUT2D eigenvalue weighted by Gasteiger charge is 2.27. The van der Waals surface area contributed by atoms with E-state index in [0.29, 0.717) is 12.3 Å². The molecule has 0 saturated heterocycles. The van der Waals surface area contributed by atoms with E-state index in [-0.39, 0.29) is 12.5 Å². The largest absolute Gasteiger partial charge is 0.411 e. The second-order valence-corrected chi connectivity index (χ2v) is 5.79. The monoisotopic (exact) mass is 372 g/mol. The Morgan fingerprint density at radius 1 is 1.25 bits per heavy atom. The molecule has 0 aliphatic carbocycles. The third-order valence-electron chi connectivity index (χ3n) is 2.85. The van der Waals surface area contributed by atoms with Gasteiger partial charge in [0.2, 0.25) is 0 Å². The maximum Gasteiger partial charge on any atom is 0.411 e. The SMILES string of the molecule is FC(F)(F)COCCCC(CCl)Cc1ccccc1Br. The predicted molar refractivity (Wildman–Crippen MR) is 78.2 cm³/mol. The maximum absolute atomic E-state index is 11.9. The Morgan fingerprint density at radius 3 is 2.55 bits per heavy atom. The van der Waals surface area contributed by atoms with Crippen LogP contribution in [0.2, 0.25) is 0 Å². The molecule has 1 aromatic carbocycles. The van der Waals surface area contributed by atoms with Crippen LogP contribution in [0.25, 0.3) is 0 Å². The highest BCUT2D eigenvalue weighted by atomic mass is 79.9. The van der Waals surface area contributed by atoms with Crippen molar-refractivity contribution in [3.8, 4) is 0 Å². The molecule has 1 nitrogen and oxygen atoms in total. The van der Waals surface area contributed by atoms with Crippen LogP contribution in [0, 0.1) is 5.92 Å². The Morgan fingerprint density at radius 2 is 1.95 bits per heavy atom. The minimum absolute atomic E-state index is 0.114. The van der Waals surface area contributed by atoms with Crippen molar-refractivity contribution in [2.24, 2.45) is 5.92 Å². The summed E-state index contributed by atoms with van der Waals surface area (Å²) < 4.78 is 41.3. The Labute approximate surface area is 130 Å². The van der Waals surface area contributed by atoms with Crippen molar-refractivity contribution in [3.63, 3.8) is 0 Å². The van der Waals surface area contributed by atoms with Gasteiger partial charge < -0.3 is 4.74 Å². The van der Waals surface area contributed by atoms with Crippen LogP contribution in [0.15, 0.2) is 28.7 Å². The Balaban J connectivity index is 2.28. The van der Waals surface area contributed by atoms with E-state index in [1.54, 1.807) is 0 Å². The summed E-state index contributed by atoms with van der Waals surface area (Å²) in [5, 5.41) is 0. The molecule has 1 atom stereocenters. The molecule has 0 bridgehead atoms. The van der Waals surface area contributed by atoms with Crippen LogP contribution in [0.4, 0.5) is 13.2 Å². The van der Waals surface area contributed by atoms with Crippen molar-refractivity contribution in [3.05, 3.63) is 34.3 Å². The number of ether oxygens (including phenoxy) is 1. The van der Waals surface area contributed by atoms with Crippen molar-refractivity contribution < 1.29 is 17.9 Å². The zero-order chi connectivity index (χ0) is 15.0. The summed E-state index contributed by atoms with van der Waals surface area (Å²) in [5.74, 6) is 0.727. The van der Waals surface area contributed by atoms with Crippen molar-refractivity contribution in [1.29, 1.82) is 0 Å². The molecule has 0 saturated carbocycles. The van der Waals surface area contributed by atoms with Crippen LogP contribution in [0.5, 0.6) is 0 Å². The average Bonchev–Trinajstić information content (AvgIpc) is 2.38. The quantitative estimate of drug-likeness (QED) is 0.449. The molecule has 0 aliphatic heterocycles. The number of benzene rings is 1. The zero-order valence-electron chi connectivity index (χ0n) is 10.9. The van der Waals surface area contributed by atoms with Crippen LogP contribution in [-0.2, 0) is 11.2 Å². The first-order valence-corrected chi connectivity index (χ1v) is 7.69. The molecule has 0 heterocycles. The van der Waals surface area contributed by atoms with E-state index in [1.165, 1.54) is 0 Å². The minimum atomic E-state index is -4.25. The van der Waals surface area contributed by atoms with Gasteiger partial charge >= 0.3 is 6.18 Å². The topological polar surface area (TPSA) is 9.23 Å². The van der Waals surface area contributed by atoms with Crippen molar-refractivity contribution in [2.75, 3.05) is 19.1 Å². The third-order valence-corrected chi connectivity index (χ3v) is 4.06. The molecule has 20 heavy (non-hydrogen) atoms. The molecule has 1 rings (SSSR count). The Hall–Kier alpha value is -0.260. The molecule has 0 fully saturated rings. The van der Waals surface area contributed by atoms with Gasteiger partial charge in [0.1, 0.15) is 6.61 Å². The summed E-state index contributed by atoms with van der Waals surface area (Å²) in [7, 11) is 0. The molecule has 1 aromatic rings. The molecule has 0 N–H and O–H groups in total. The number of hydrogen-bond donors (Lipinski definition) is 0. The van der Waals surface area contributed by atoms with Gasteiger partial charge in [0.05, 0.1) is 0 Å². The van der Waals surface area contributed by atoms with Gasteiger partial charge in [0, 0.05) is 17.0 Å². The van der Waals surface area contributed by atoms with Crippen molar-refractivity contribution in [2.45, 2.75) is 25.4 Å². The molecule has 6 heteroatoms. The molecular weight excluding hydrogens is 357 g/mol. The van der Waals surface area contributed by atoms with E-state index in [2.05, 4.69) is 20.7 Å². The molecule has 1 unspecified atom stereocenters. The van der Waals surface area contributed by atoms with Gasteiger partial charge in [-0.15, -0.1) is 11.6 Å². The lowest BCUT2D eigenvalue weighted by Crippen LogP contribution is -2.18. The fourth-order valence-corrected chi connectivity index (χ4v) is 2.58. The van der Waals surface area contributed by atoms with Crippen LogP contribution in [-0.4, -0.2) is 25.3 Å². The van der Waals surface area contributed by atoms with Gasteiger partial charge in [-0.05, 0) is 36.8 Å². The first kappa shape index (κ1) is 17.8. The van der Waals surface area contributed by atoms with Crippen LogP contribution in [0.3, 0.4) is 0 Å². The van der Waals surface area contributed by atoms with Gasteiger partial charge in [-0.1, -0.05) is 34.1 Å². The van der Waals surface area contributed by atoms with Crippen LogP contribution in [0.1, 0.15) is 18.4 Å². The predicted octanol–water partition coefficient (Wildman–Crippen LogP) is 5.21. The first-order chi connectivity index (χ1) is 9.42. The summed E-state index contributed by atoms with van der Waals surface area (Å²) in [6, 6.07) is 7.88. The van der Waals surface area contributed by atoms with E-state index in [1.807, 2.05) is 24.3 Å². The van der Waals surface area contributed by atoms with Crippen molar-refractivity contribution >= 4 is 27.5 Å². The highest BCUT2D eigenvalue weighted by Crippen LogP contribution is 2.22. The molecule has 0 amide bonds. The minimum Gasteiger partial charge on any atom is -0.372 e. The van der Waals surface area contributed by atoms with E-state index in [4.69, 9.17) is 11.6 Å². The van der Waals surface area contributed by atoms with E-state index < -0.39 is 12.8 Å². The highest BCUT2D eigenvalue weighted by molar-refractivity contribution is 9.10. The molecule has 0 spiro atoms. The number of rotatable bonds is 8. The van der Waals surface area contributed by atoms with Gasteiger partial charge in [-0.2, -0.15) is 13.2 Å². The van der Waals surface area contributed by atoms with Crippen LogP contribution >= 0.6 is 27.5 Å². The third kappa shape index (κ3) is 7.50. The van der Waals surface area contributed by atoms with Gasteiger partial charge in [0.25, 0.3) is 0 Å². The second-order valence-electron chi connectivity index (χ2n) is 4.63. The van der Waals surface area contributed by atoms with E-state index >= 15 is 0 Å². The fraction of sp³-hybridized carbons (Fsp3) is 0.571. The number of alkyl halides is 4. The second kappa shape index (κ2) is 8.90. The average molecular weight is 374 g/mol. The van der Waals surface area contributed by atoms with Gasteiger partial charge in [0.15, 0.2) is 0 Å². The first-order valence-electron chi connectivity index (χ1n) is 6.36. The maximum atomic E-state index is 11.9. The standard InChI is InChI=1S/C14H17BrClF3O/c15-13-6-2-1-5-12(13)8-11(9-16)4-3-7-20-10-14(17,18)19/h1-2,5-6,11H,3-4,7-10H2. The summed E-state index contributed by atoms with van der Waals surface area (Å²) in [5.41, 5.74) is 1.16. The zero-order valence-corrected chi connectivity index (χ0v) is 13.3. The van der Waals surface area contributed by atoms with E-state index in [0.717, 1.165) is 22.9 Å². The Kier molecular flexibility index (Phi) is 7.92. The lowest BCUT2D eigenvalue weighted by atomic mass is 9.97. The lowest BCUT2D eigenvalue weighted by molar-refractivity contribution is -0.174. The van der Waals surface area contributed by atoms with Crippen molar-refractivity contribution in [1.82, 2.24) is 0 Å². The summed E-state index contributed by atoms with van der Waals surface area (Å²) in [6.45, 7) is -1.06. The molecular formula is C14H17BrClF3O. The Bertz CT molecular complexity index is 398. The summed E-state index contributed by atoms with van der Waals surface area (Å²) in [6.07, 6.45) is -2.11.